The average molecular weight is 336 g/mol. The van der Waals surface area contributed by atoms with E-state index in [0.717, 1.165) is 19.0 Å². The second-order valence-corrected chi connectivity index (χ2v) is 6.78. The average Bonchev–Trinajstić information content (AvgIpc) is 2.78. The zero-order chi connectivity index (χ0) is 13.4. The molecule has 0 bridgehead atoms. The lowest BCUT2D eigenvalue weighted by Gasteiger charge is -2.29. The van der Waals surface area contributed by atoms with Gasteiger partial charge in [0.2, 0.25) is 0 Å². The van der Waals surface area contributed by atoms with Gasteiger partial charge in [0.1, 0.15) is 0 Å². The van der Waals surface area contributed by atoms with E-state index in [4.69, 9.17) is 28.9 Å². The van der Waals surface area contributed by atoms with E-state index in [9.17, 15) is 0 Å². The number of likely N-dealkylation sites (tertiary alicyclic amines) is 1. The summed E-state index contributed by atoms with van der Waals surface area (Å²) < 4.78 is 0. The molecule has 5 heteroatoms. The maximum atomic E-state index is 6.25. The molecule has 1 heterocycles. The quantitative estimate of drug-likeness (QED) is 0.886. The Hall–Kier alpha value is 0.01000. The summed E-state index contributed by atoms with van der Waals surface area (Å²) in [6.07, 6.45) is 3.83. The molecule has 2 N–H and O–H groups in total. The summed E-state index contributed by atoms with van der Waals surface area (Å²) in [7, 11) is 0. The molecule has 0 radical (unpaired) electrons. The van der Waals surface area contributed by atoms with Crippen LogP contribution in [0, 0.1) is 11.8 Å². The van der Waals surface area contributed by atoms with Crippen molar-refractivity contribution < 1.29 is 0 Å². The van der Waals surface area contributed by atoms with Crippen LogP contribution in [0.15, 0.2) is 18.2 Å². The largest absolute Gasteiger partial charge is 0.327 e. The summed E-state index contributed by atoms with van der Waals surface area (Å²) >= 11 is 12.0. The molecule has 1 aromatic carbocycles. The van der Waals surface area contributed by atoms with Crippen molar-refractivity contribution in [2.45, 2.75) is 31.8 Å². The SMILES string of the molecule is Cl.NC1CCCC2CN(Cc3ccc(Cl)c(Cl)c3)CC12. The molecule has 112 valence electrons. The Morgan fingerprint density at radius 2 is 1.95 bits per heavy atom. The van der Waals surface area contributed by atoms with Gasteiger partial charge in [-0.05, 0) is 42.4 Å². The lowest BCUT2D eigenvalue weighted by molar-refractivity contribution is 0.259. The molecule has 1 aromatic rings. The fourth-order valence-electron chi connectivity index (χ4n) is 3.63. The molecule has 3 atom stereocenters. The van der Waals surface area contributed by atoms with Gasteiger partial charge in [-0.15, -0.1) is 12.4 Å². The molecule has 0 amide bonds. The first kappa shape index (κ1) is 16.4. The monoisotopic (exact) mass is 334 g/mol. The molecule has 0 spiro atoms. The summed E-state index contributed by atoms with van der Waals surface area (Å²) in [4.78, 5) is 2.51. The molecular weight excluding hydrogens is 315 g/mol. The van der Waals surface area contributed by atoms with E-state index in [2.05, 4.69) is 11.0 Å². The predicted molar refractivity (Wildman–Crippen MR) is 87.8 cm³/mol. The van der Waals surface area contributed by atoms with Crippen LogP contribution in [0.25, 0.3) is 0 Å². The number of fused-ring (bicyclic) bond motifs is 1. The number of hydrogen-bond acceptors (Lipinski definition) is 2. The second-order valence-electron chi connectivity index (χ2n) is 5.96. The Morgan fingerprint density at radius 1 is 1.15 bits per heavy atom. The number of halogens is 3. The zero-order valence-electron chi connectivity index (χ0n) is 11.4. The minimum Gasteiger partial charge on any atom is -0.327 e. The standard InChI is InChI=1S/C15H20Cl2N2.ClH/c16-13-5-4-10(6-14(13)17)7-19-8-11-2-1-3-15(18)12(11)9-19;/h4-6,11-12,15H,1-3,7-9,18H2;1H. The molecule has 3 unspecified atom stereocenters. The highest BCUT2D eigenvalue weighted by atomic mass is 35.5. The van der Waals surface area contributed by atoms with Gasteiger partial charge in [-0.3, -0.25) is 4.90 Å². The van der Waals surface area contributed by atoms with E-state index in [0.29, 0.717) is 22.0 Å². The Kier molecular flexibility index (Phi) is 5.61. The second kappa shape index (κ2) is 6.85. The maximum absolute atomic E-state index is 6.25. The van der Waals surface area contributed by atoms with Crippen LogP contribution < -0.4 is 5.73 Å². The first-order chi connectivity index (χ1) is 9.13. The molecule has 2 aliphatic rings. The van der Waals surface area contributed by atoms with Crippen molar-refractivity contribution in [3.05, 3.63) is 33.8 Å². The van der Waals surface area contributed by atoms with Gasteiger partial charge in [0.05, 0.1) is 10.0 Å². The van der Waals surface area contributed by atoms with Crippen LogP contribution in [-0.4, -0.2) is 24.0 Å². The topological polar surface area (TPSA) is 29.3 Å². The third-order valence-corrected chi connectivity index (χ3v) is 5.36. The van der Waals surface area contributed by atoms with E-state index in [1.807, 2.05) is 12.1 Å². The molecule has 1 saturated heterocycles. The molecule has 20 heavy (non-hydrogen) atoms. The van der Waals surface area contributed by atoms with Crippen molar-refractivity contribution in [2.24, 2.45) is 17.6 Å². The zero-order valence-corrected chi connectivity index (χ0v) is 13.7. The van der Waals surface area contributed by atoms with Gasteiger partial charge in [-0.2, -0.15) is 0 Å². The third-order valence-electron chi connectivity index (χ3n) is 4.62. The highest BCUT2D eigenvalue weighted by Gasteiger charge is 2.38. The van der Waals surface area contributed by atoms with E-state index >= 15 is 0 Å². The van der Waals surface area contributed by atoms with Gasteiger partial charge in [0.25, 0.3) is 0 Å². The van der Waals surface area contributed by atoms with Gasteiger partial charge in [0, 0.05) is 25.7 Å². The minimum atomic E-state index is 0. The number of benzene rings is 1. The lowest BCUT2D eigenvalue weighted by Crippen LogP contribution is -2.38. The highest BCUT2D eigenvalue weighted by Crippen LogP contribution is 2.36. The summed E-state index contributed by atoms with van der Waals surface area (Å²) in [6.45, 7) is 3.27. The van der Waals surface area contributed by atoms with E-state index < -0.39 is 0 Å². The molecule has 3 rings (SSSR count). The van der Waals surface area contributed by atoms with Gasteiger partial charge in [-0.1, -0.05) is 35.7 Å². The number of nitrogens with zero attached hydrogens (tertiary/aromatic N) is 1. The van der Waals surface area contributed by atoms with E-state index in [-0.39, 0.29) is 12.4 Å². The van der Waals surface area contributed by atoms with Crippen molar-refractivity contribution in [3.8, 4) is 0 Å². The number of rotatable bonds is 2. The third kappa shape index (κ3) is 3.42. The Morgan fingerprint density at radius 3 is 2.65 bits per heavy atom. The van der Waals surface area contributed by atoms with Crippen LogP contribution in [0.5, 0.6) is 0 Å². The lowest BCUT2D eigenvalue weighted by atomic mass is 9.78. The summed E-state index contributed by atoms with van der Waals surface area (Å²) in [5, 5.41) is 1.27. The number of nitrogens with two attached hydrogens (primary N) is 1. The van der Waals surface area contributed by atoms with Crippen LogP contribution in [0.1, 0.15) is 24.8 Å². The molecule has 2 fully saturated rings. The predicted octanol–water partition coefficient (Wildman–Crippen LogP) is 3.97. The molecule has 0 aromatic heterocycles. The van der Waals surface area contributed by atoms with Gasteiger partial charge in [0.15, 0.2) is 0 Å². The van der Waals surface area contributed by atoms with E-state index in [1.165, 1.54) is 31.4 Å². The van der Waals surface area contributed by atoms with Crippen molar-refractivity contribution in [3.63, 3.8) is 0 Å². The normalized spacial score (nSPS) is 29.9. The Balaban J connectivity index is 0.00000147. The summed E-state index contributed by atoms with van der Waals surface area (Å²) in [6, 6.07) is 6.33. The van der Waals surface area contributed by atoms with Crippen LogP contribution in [0.4, 0.5) is 0 Å². The Labute approximate surface area is 137 Å². The minimum absolute atomic E-state index is 0. The van der Waals surface area contributed by atoms with Gasteiger partial charge >= 0.3 is 0 Å². The van der Waals surface area contributed by atoms with Crippen LogP contribution in [-0.2, 0) is 6.54 Å². The smallest absolute Gasteiger partial charge is 0.0595 e. The molecule has 1 aliphatic carbocycles. The van der Waals surface area contributed by atoms with Crippen molar-refractivity contribution in [2.75, 3.05) is 13.1 Å². The first-order valence-corrected chi connectivity index (χ1v) is 7.81. The number of hydrogen-bond donors (Lipinski definition) is 1. The summed E-state index contributed by atoms with van der Waals surface area (Å²) in [5.74, 6) is 1.49. The summed E-state index contributed by atoms with van der Waals surface area (Å²) in [5.41, 5.74) is 7.49. The molecular formula is C15H21Cl3N2. The molecule has 2 nitrogen and oxygen atoms in total. The fraction of sp³-hybridized carbons (Fsp3) is 0.600. The van der Waals surface area contributed by atoms with E-state index in [1.54, 1.807) is 0 Å². The van der Waals surface area contributed by atoms with Gasteiger partial charge < -0.3 is 5.73 Å². The Bertz CT molecular complexity index is 466. The van der Waals surface area contributed by atoms with Crippen molar-refractivity contribution in [1.82, 2.24) is 4.90 Å². The molecule has 1 saturated carbocycles. The van der Waals surface area contributed by atoms with Crippen molar-refractivity contribution >= 4 is 35.6 Å². The van der Waals surface area contributed by atoms with Crippen LogP contribution in [0.3, 0.4) is 0 Å². The van der Waals surface area contributed by atoms with Gasteiger partial charge in [-0.25, -0.2) is 0 Å². The van der Waals surface area contributed by atoms with Crippen LogP contribution >= 0.6 is 35.6 Å². The van der Waals surface area contributed by atoms with Crippen molar-refractivity contribution in [1.29, 1.82) is 0 Å². The van der Waals surface area contributed by atoms with Crippen LogP contribution in [0.2, 0.25) is 10.0 Å². The maximum Gasteiger partial charge on any atom is 0.0595 e. The first-order valence-electron chi connectivity index (χ1n) is 7.05. The highest BCUT2D eigenvalue weighted by molar-refractivity contribution is 6.42. The molecule has 1 aliphatic heterocycles. The fourth-order valence-corrected chi connectivity index (χ4v) is 3.95.